The number of rotatable bonds is 5. The largest absolute Gasteiger partial charge is 0.369 e. The third-order valence-electron chi connectivity index (χ3n) is 1.99. The minimum atomic E-state index is -0.279. The van der Waals surface area contributed by atoms with Crippen molar-refractivity contribution in [1.29, 1.82) is 0 Å². The van der Waals surface area contributed by atoms with Crippen LogP contribution in [0, 0.1) is 0 Å². The highest BCUT2D eigenvalue weighted by Crippen LogP contribution is 2.23. The van der Waals surface area contributed by atoms with Crippen LogP contribution in [0.4, 0.5) is 0 Å². The zero-order valence-electron chi connectivity index (χ0n) is 8.99. The first kappa shape index (κ1) is 12.1. The van der Waals surface area contributed by atoms with Gasteiger partial charge in [0.25, 0.3) is 0 Å². The van der Waals surface area contributed by atoms with E-state index >= 15 is 0 Å². The molecule has 3 N–H and O–H groups in total. The van der Waals surface area contributed by atoms with Crippen molar-refractivity contribution >= 4 is 17.7 Å². The maximum Gasteiger partial charge on any atom is 0.230 e. The van der Waals surface area contributed by atoms with Gasteiger partial charge in [0, 0.05) is 11.4 Å². The van der Waals surface area contributed by atoms with Crippen molar-refractivity contribution in [2.75, 3.05) is 7.05 Å². The van der Waals surface area contributed by atoms with Crippen molar-refractivity contribution < 1.29 is 4.79 Å². The number of carbonyl (C=O) groups is 1. The van der Waals surface area contributed by atoms with Gasteiger partial charge in [-0.25, -0.2) is 0 Å². The van der Waals surface area contributed by atoms with Crippen LogP contribution in [0.1, 0.15) is 12.5 Å². The van der Waals surface area contributed by atoms with Gasteiger partial charge in [-0.3, -0.25) is 4.79 Å². The van der Waals surface area contributed by atoms with Gasteiger partial charge in [0.05, 0.1) is 5.25 Å². The van der Waals surface area contributed by atoms with E-state index < -0.39 is 0 Å². The van der Waals surface area contributed by atoms with Crippen LogP contribution < -0.4 is 11.1 Å². The highest BCUT2D eigenvalue weighted by molar-refractivity contribution is 8.00. The first-order valence-corrected chi connectivity index (χ1v) is 5.71. The Morgan fingerprint density at radius 1 is 1.60 bits per heavy atom. The standard InChI is InChI=1S/C11H16N2OS/c1-8(11(12)14)15-10-5-3-4-9(6-10)7-13-2/h3-6,8,13H,7H2,1-2H3,(H2,12,14). The Morgan fingerprint density at radius 2 is 2.33 bits per heavy atom. The number of amides is 1. The van der Waals surface area contributed by atoms with Crippen LogP contribution in [-0.4, -0.2) is 18.2 Å². The second-order valence-electron chi connectivity index (χ2n) is 3.34. The molecule has 1 atom stereocenters. The number of primary amides is 1. The van der Waals surface area contributed by atoms with Gasteiger partial charge < -0.3 is 11.1 Å². The molecule has 0 bridgehead atoms. The molecule has 4 heteroatoms. The van der Waals surface area contributed by atoms with E-state index in [-0.39, 0.29) is 11.2 Å². The number of carbonyl (C=O) groups excluding carboxylic acids is 1. The van der Waals surface area contributed by atoms with Gasteiger partial charge in [-0.1, -0.05) is 12.1 Å². The highest BCUT2D eigenvalue weighted by Gasteiger charge is 2.10. The summed E-state index contributed by atoms with van der Waals surface area (Å²) in [6, 6.07) is 8.10. The van der Waals surface area contributed by atoms with Crippen molar-refractivity contribution in [1.82, 2.24) is 5.32 Å². The second-order valence-corrected chi connectivity index (χ2v) is 4.75. The molecule has 3 nitrogen and oxygen atoms in total. The third kappa shape index (κ3) is 3.93. The maximum atomic E-state index is 10.9. The van der Waals surface area contributed by atoms with E-state index in [1.807, 2.05) is 26.1 Å². The Kier molecular flexibility index (Phi) is 4.65. The van der Waals surface area contributed by atoms with Crippen LogP contribution in [0.5, 0.6) is 0 Å². The molecule has 1 rings (SSSR count). The quantitative estimate of drug-likeness (QED) is 0.743. The lowest BCUT2D eigenvalue weighted by atomic mass is 10.2. The summed E-state index contributed by atoms with van der Waals surface area (Å²) in [4.78, 5) is 12.0. The lowest BCUT2D eigenvalue weighted by Gasteiger charge is -2.08. The molecule has 0 spiro atoms. The molecule has 0 saturated heterocycles. The van der Waals surface area contributed by atoms with Gasteiger partial charge >= 0.3 is 0 Å². The Balaban J connectivity index is 2.68. The molecular formula is C11H16N2OS. The predicted molar refractivity (Wildman–Crippen MR) is 63.7 cm³/mol. The molecule has 0 radical (unpaired) electrons. The average molecular weight is 224 g/mol. The molecule has 0 aliphatic heterocycles. The Bertz CT molecular complexity index is 341. The van der Waals surface area contributed by atoms with E-state index in [2.05, 4.69) is 17.4 Å². The molecular weight excluding hydrogens is 208 g/mol. The van der Waals surface area contributed by atoms with Gasteiger partial charge in [0.1, 0.15) is 0 Å². The van der Waals surface area contributed by atoms with Crippen molar-refractivity contribution in [2.24, 2.45) is 5.73 Å². The molecule has 15 heavy (non-hydrogen) atoms. The molecule has 1 aromatic carbocycles. The smallest absolute Gasteiger partial charge is 0.230 e. The summed E-state index contributed by atoms with van der Waals surface area (Å²) in [6.45, 7) is 2.65. The number of nitrogens with two attached hydrogens (primary N) is 1. The predicted octanol–water partition coefficient (Wildman–Crippen LogP) is 1.37. The van der Waals surface area contributed by atoms with Crippen LogP contribution >= 0.6 is 11.8 Å². The molecule has 0 heterocycles. The summed E-state index contributed by atoms with van der Waals surface area (Å²) >= 11 is 1.49. The third-order valence-corrected chi connectivity index (χ3v) is 3.10. The summed E-state index contributed by atoms with van der Waals surface area (Å²) in [5, 5.41) is 2.90. The zero-order chi connectivity index (χ0) is 11.3. The van der Waals surface area contributed by atoms with Gasteiger partial charge in [-0.15, -0.1) is 11.8 Å². The van der Waals surface area contributed by atoms with Gasteiger partial charge in [0.2, 0.25) is 5.91 Å². The van der Waals surface area contributed by atoms with Crippen LogP contribution in [0.2, 0.25) is 0 Å². The van der Waals surface area contributed by atoms with Crippen molar-refractivity contribution in [3.8, 4) is 0 Å². The van der Waals surface area contributed by atoms with Crippen LogP contribution in [0.25, 0.3) is 0 Å². The Morgan fingerprint density at radius 3 is 2.93 bits per heavy atom. The van der Waals surface area contributed by atoms with E-state index in [1.54, 1.807) is 0 Å². The second kappa shape index (κ2) is 5.78. The monoisotopic (exact) mass is 224 g/mol. The lowest BCUT2D eigenvalue weighted by Crippen LogP contribution is -2.22. The fourth-order valence-corrected chi connectivity index (χ4v) is 2.10. The molecule has 82 valence electrons. The molecule has 0 fully saturated rings. The van der Waals surface area contributed by atoms with Crippen molar-refractivity contribution in [2.45, 2.75) is 23.6 Å². The molecule has 0 aliphatic carbocycles. The van der Waals surface area contributed by atoms with Crippen molar-refractivity contribution in [3.05, 3.63) is 29.8 Å². The number of hydrogen-bond acceptors (Lipinski definition) is 3. The van der Waals surface area contributed by atoms with Crippen LogP contribution in [-0.2, 0) is 11.3 Å². The molecule has 0 aliphatic rings. The Hall–Kier alpha value is -1.00. The van der Waals surface area contributed by atoms with Crippen LogP contribution in [0.3, 0.4) is 0 Å². The minimum absolute atomic E-state index is 0.185. The number of benzene rings is 1. The van der Waals surface area contributed by atoms with E-state index in [9.17, 15) is 4.79 Å². The normalized spacial score (nSPS) is 12.4. The number of hydrogen-bond donors (Lipinski definition) is 2. The number of nitrogens with one attached hydrogen (secondary N) is 1. The lowest BCUT2D eigenvalue weighted by molar-refractivity contribution is -0.117. The molecule has 1 amide bonds. The van der Waals surface area contributed by atoms with Crippen molar-refractivity contribution in [3.63, 3.8) is 0 Å². The number of thioether (sulfide) groups is 1. The first-order valence-electron chi connectivity index (χ1n) is 4.83. The zero-order valence-corrected chi connectivity index (χ0v) is 9.80. The summed E-state index contributed by atoms with van der Waals surface area (Å²) < 4.78 is 0. The Labute approximate surface area is 94.4 Å². The van der Waals surface area contributed by atoms with Gasteiger partial charge in [0.15, 0.2) is 0 Å². The van der Waals surface area contributed by atoms with Gasteiger partial charge in [-0.05, 0) is 31.7 Å². The highest BCUT2D eigenvalue weighted by atomic mass is 32.2. The van der Waals surface area contributed by atoms with E-state index in [1.165, 1.54) is 17.3 Å². The molecule has 0 saturated carbocycles. The van der Waals surface area contributed by atoms with E-state index in [4.69, 9.17) is 5.73 Å². The average Bonchev–Trinajstić information content (AvgIpc) is 2.18. The van der Waals surface area contributed by atoms with Gasteiger partial charge in [-0.2, -0.15) is 0 Å². The van der Waals surface area contributed by atoms with E-state index in [0.717, 1.165) is 11.4 Å². The first-order chi connectivity index (χ1) is 7.13. The summed E-state index contributed by atoms with van der Waals surface area (Å²) in [6.07, 6.45) is 0. The summed E-state index contributed by atoms with van der Waals surface area (Å²) in [5.41, 5.74) is 6.42. The minimum Gasteiger partial charge on any atom is -0.369 e. The maximum absolute atomic E-state index is 10.9. The van der Waals surface area contributed by atoms with E-state index in [0.29, 0.717) is 0 Å². The molecule has 1 unspecified atom stereocenters. The SMILES string of the molecule is CNCc1cccc(SC(C)C(N)=O)c1. The molecule has 1 aromatic rings. The topological polar surface area (TPSA) is 55.1 Å². The fraction of sp³-hybridized carbons (Fsp3) is 0.364. The summed E-state index contributed by atoms with van der Waals surface area (Å²) in [7, 11) is 1.91. The molecule has 0 aromatic heterocycles. The van der Waals surface area contributed by atoms with Crippen LogP contribution in [0.15, 0.2) is 29.2 Å². The summed E-state index contributed by atoms with van der Waals surface area (Å²) in [5.74, 6) is -0.279. The fourth-order valence-electron chi connectivity index (χ4n) is 1.20.